The Morgan fingerprint density at radius 2 is 0.870 bits per heavy atom. The molecule has 2 radical (unpaired) electrons. The summed E-state index contributed by atoms with van der Waals surface area (Å²) < 4.78 is 0. The van der Waals surface area contributed by atoms with E-state index in [0.29, 0.717) is 0 Å². The molecule has 4 heteroatoms. The topological polar surface area (TPSA) is 0 Å². The summed E-state index contributed by atoms with van der Waals surface area (Å²) in [6, 6.07) is 41.8. The van der Waals surface area contributed by atoms with Crippen molar-refractivity contribution in [2.24, 2.45) is 0 Å². The molecule has 3 aliphatic rings. The van der Waals surface area contributed by atoms with Gasteiger partial charge in [-0.1, -0.05) is 130 Å². The molecule has 0 heterocycles. The SMILES string of the molecule is Cc1cc2c(-c3ccc(C4CCCCC4)cc3)cccc2[cH-]1.Cl.Cl.[CH3-].[CH3-].[Si]=[Zr].c1cc(-c2ccc(C3CCCCC3)cc2)c2cc(C3CCCC3)[cH-]c2c1. The molecule has 9 rings (SSSR count). The average Bonchev–Trinajstić information content (AvgIpc) is 3.97. The molecule has 0 N–H and O–H groups in total. The first kappa shape index (κ1) is 46.2. The fourth-order valence-corrected chi connectivity index (χ4v) is 9.38. The van der Waals surface area contributed by atoms with Crippen LogP contribution < -0.4 is 0 Å². The molecule has 0 nitrogen and oxygen atoms in total. The molecule has 0 saturated heterocycles. The molecule has 3 saturated carbocycles. The Labute approximate surface area is 357 Å². The fourth-order valence-electron chi connectivity index (χ4n) is 9.38. The molecule has 0 aliphatic heterocycles. The van der Waals surface area contributed by atoms with Gasteiger partial charge in [0.2, 0.25) is 0 Å². The molecule has 54 heavy (non-hydrogen) atoms. The Hall–Kier alpha value is -2.22. The summed E-state index contributed by atoms with van der Waals surface area (Å²) in [5.74, 6) is 2.38. The second-order valence-electron chi connectivity index (χ2n) is 15.3. The molecule has 0 aromatic heterocycles. The monoisotopic (exact) mass is 848 g/mol. The van der Waals surface area contributed by atoms with Gasteiger partial charge in [-0.3, -0.25) is 0 Å². The van der Waals surface area contributed by atoms with E-state index in [-0.39, 0.29) is 39.7 Å². The zero-order valence-corrected chi connectivity index (χ0v) is 37.9. The van der Waals surface area contributed by atoms with Crippen LogP contribution in [0.3, 0.4) is 0 Å². The van der Waals surface area contributed by atoms with Crippen LogP contribution in [-0.2, 0) is 23.3 Å². The van der Waals surface area contributed by atoms with Crippen LogP contribution in [0.1, 0.15) is 130 Å². The molecule has 6 aromatic rings. The van der Waals surface area contributed by atoms with Crippen LogP contribution in [0.4, 0.5) is 0 Å². The molecular formula is C50H60Cl2SiZr-4. The number of fused-ring (bicyclic) bond motifs is 2. The molecule has 0 bridgehead atoms. The smallest absolute Gasteiger partial charge is 0.0162 e. The maximum atomic E-state index is 3.06. The number of hydrogen-bond donors (Lipinski definition) is 0. The van der Waals surface area contributed by atoms with Crippen LogP contribution in [-0.4, -0.2) is 6.88 Å². The van der Waals surface area contributed by atoms with Gasteiger partial charge in [-0.2, -0.15) is 12.1 Å². The number of benzene rings is 4. The van der Waals surface area contributed by atoms with E-state index in [1.54, 1.807) is 11.1 Å². The third kappa shape index (κ3) is 10.8. The summed E-state index contributed by atoms with van der Waals surface area (Å²) in [6.07, 6.45) is 19.5. The van der Waals surface area contributed by atoms with Gasteiger partial charge in [0.05, 0.1) is 0 Å². The molecular weight excluding hydrogens is 791 g/mol. The Balaban J connectivity index is 0.000000262. The third-order valence-electron chi connectivity index (χ3n) is 12.1. The predicted molar refractivity (Wildman–Crippen MR) is 241 cm³/mol. The van der Waals surface area contributed by atoms with Crippen LogP contribution in [0.5, 0.6) is 0 Å². The van der Waals surface area contributed by atoms with Crippen molar-refractivity contribution in [2.75, 3.05) is 0 Å². The van der Waals surface area contributed by atoms with Crippen molar-refractivity contribution in [3.63, 3.8) is 0 Å². The molecule has 0 atom stereocenters. The second kappa shape index (κ2) is 22.5. The maximum Gasteiger partial charge on any atom is -0.0162 e. The first-order chi connectivity index (χ1) is 24.7. The third-order valence-corrected chi connectivity index (χ3v) is 12.1. The molecule has 3 aliphatic carbocycles. The van der Waals surface area contributed by atoms with Gasteiger partial charge in [-0.05, 0) is 78.5 Å². The summed E-state index contributed by atoms with van der Waals surface area (Å²) in [7, 11) is 0. The van der Waals surface area contributed by atoms with Crippen LogP contribution >= 0.6 is 24.8 Å². The van der Waals surface area contributed by atoms with E-state index in [4.69, 9.17) is 0 Å². The normalized spacial score (nSPS) is 16.0. The molecule has 286 valence electrons. The Morgan fingerprint density at radius 1 is 0.481 bits per heavy atom. The summed E-state index contributed by atoms with van der Waals surface area (Å²) in [4.78, 5) is 0. The predicted octanol–water partition coefficient (Wildman–Crippen LogP) is 15.9. The van der Waals surface area contributed by atoms with Crippen LogP contribution in [0.2, 0.25) is 0 Å². The number of rotatable bonds is 5. The molecule has 3 fully saturated rings. The first-order valence-corrected chi connectivity index (χ1v) is 23.7. The first-order valence-electron chi connectivity index (χ1n) is 19.5. The molecule has 6 aromatic carbocycles. The Morgan fingerprint density at radius 3 is 1.33 bits per heavy atom. The van der Waals surface area contributed by atoms with Gasteiger partial charge < -0.3 is 14.9 Å². The molecule has 0 spiro atoms. The van der Waals surface area contributed by atoms with Crippen molar-refractivity contribution in [3.8, 4) is 22.3 Å². The van der Waals surface area contributed by atoms with E-state index >= 15 is 0 Å². The molecule has 0 unspecified atom stereocenters. The van der Waals surface area contributed by atoms with Gasteiger partial charge >= 0.3 is 30.2 Å². The van der Waals surface area contributed by atoms with E-state index in [1.807, 2.05) is 0 Å². The van der Waals surface area contributed by atoms with Crippen molar-refractivity contribution in [3.05, 3.63) is 146 Å². The quantitative estimate of drug-likeness (QED) is 0.120. The van der Waals surface area contributed by atoms with Gasteiger partial charge in [0.15, 0.2) is 0 Å². The molecule has 0 amide bonds. The van der Waals surface area contributed by atoms with Gasteiger partial charge in [0.1, 0.15) is 0 Å². The van der Waals surface area contributed by atoms with Crippen LogP contribution in [0.15, 0.2) is 109 Å². The summed E-state index contributed by atoms with van der Waals surface area (Å²) in [5.41, 5.74) is 11.5. The van der Waals surface area contributed by atoms with Crippen molar-refractivity contribution < 1.29 is 23.3 Å². The minimum absolute atomic E-state index is 0. The van der Waals surface area contributed by atoms with Gasteiger partial charge in [-0.25, -0.2) is 0 Å². The number of hydrogen-bond acceptors (Lipinski definition) is 0. The van der Waals surface area contributed by atoms with Crippen molar-refractivity contribution in [1.29, 1.82) is 0 Å². The standard InChI is InChI=1S/C26H29.C22H23.2CH3.2ClH.Si.Zr/c1-2-7-19(8-3-1)21-13-15-22(16-14-21)25-12-6-11-23-17-24(18-26(23)25)20-9-4-5-10-20;1-16-14-20-8-5-9-21(22(20)15-16)19-12-10-18(11-13-19)17-6-3-2-4-7-17;;;;;;/h6,11-20H,1-5,7-10H2;5,8-15,17H,2-4,6-7H2,1H3;2*1H3;2*1H;;/q4*-1;;;;. The van der Waals surface area contributed by atoms with Crippen LogP contribution in [0.25, 0.3) is 43.8 Å². The van der Waals surface area contributed by atoms with E-state index in [2.05, 4.69) is 123 Å². The van der Waals surface area contributed by atoms with Gasteiger partial charge in [0, 0.05) is 0 Å². The van der Waals surface area contributed by atoms with Gasteiger partial charge in [0.25, 0.3) is 0 Å². The summed E-state index contributed by atoms with van der Waals surface area (Å²) in [6.45, 7) is 5.24. The van der Waals surface area contributed by atoms with E-state index < -0.39 is 0 Å². The fraction of sp³-hybridized carbons (Fsp3) is 0.360. The van der Waals surface area contributed by atoms with E-state index in [1.165, 1.54) is 168 Å². The summed E-state index contributed by atoms with van der Waals surface area (Å²) in [5, 5.41) is 5.59. The van der Waals surface area contributed by atoms with Crippen molar-refractivity contribution in [2.45, 2.75) is 115 Å². The van der Waals surface area contributed by atoms with E-state index in [0.717, 1.165) is 17.8 Å². The second-order valence-corrected chi connectivity index (χ2v) is 15.3. The Bertz CT molecular complexity index is 1970. The minimum Gasteiger partial charge on any atom is -0.164 e. The van der Waals surface area contributed by atoms with Crippen LogP contribution in [0, 0.1) is 21.8 Å². The Kier molecular flexibility index (Phi) is 19.2. The van der Waals surface area contributed by atoms with Gasteiger partial charge in [-0.15, -0.1) is 93.9 Å². The largest absolute Gasteiger partial charge is 0.164 e. The number of aryl methyl sites for hydroxylation is 1. The zero-order chi connectivity index (χ0) is 34.3. The van der Waals surface area contributed by atoms with Crippen molar-refractivity contribution in [1.82, 2.24) is 0 Å². The minimum atomic E-state index is 0. The number of halogens is 2. The summed E-state index contributed by atoms with van der Waals surface area (Å²) >= 11 is 1.36. The maximum absolute atomic E-state index is 3.06. The van der Waals surface area contributed by atoms with E-state index in [9.17, 15) is 0 Å². The zero-order valence-electron chi connectivity index (χ0n) is 32.8. The average molecular weight is 851 g/mol. The van der Waals surface area contributed by atoms with Crippen molar-refractivity contribution >= 4 is 53.2 Å².